The average molecular weight is 343 g/mol. The van der Waals surface area contributed by atoms with E-state index in [1.165, 1.54) is 11.8 Å². The summed E-state index contributed by atoms with van der Waals surface area (Å²) in [5.74, 6) is 0.711. The van der Waals surface area contributed by atoms with Crippen molar-refractivity contribution in [1.82, 2.24) is 5.32 Å². The Hall–Kier alpha value is -2.38. The Morgan fingerprint density at radius 2 is 2.09 bits per heavy atom. The zero-order chi connectivity index (χ0) is 16.0. The van der Waals surface area contributed by atoms with Gasteiger partial charge in [0.15, 0.2) is 0 Å². The van der Waals surface area contributed by atoms with Crippen molar-refractivity contribution in [1.29, 1.82) is 0 Å². The van der Waals surface area contributed by atoms with Gasteiger partial charge >= 0.3 is 5.97 Å². The minimum absolute atomic E-state index is 0.217. The Bertz CT molecular complexity index is 897. The lowest BCUT2D eigenvalue weighted by atomic mass is 10.0. The van der Waals surface area contributed by atoms with Gasteiger partial charge in [-0.3, -0.25) is 4.79 Å². The number of nitrogens with one attached hydrogen (secondary N) is 1. The molecule has 0 saturated carbocycles. The summed E-state index contributed by atoms with van der Waals surface area (Å²) in [5.41, 5.74) is 2.29. The number of amides is 1. The molecule has 2 aliphatic heterocycles. The number of esters is 1. The van der Waals surface area contributed by atoms with Gasteiger partial charge in [0.25, 0.3) is 5.91 Å². The fourth-order valence-corrected chi connectivity index (χ4v) is 3.45. The van der Waals surface area contributed by atoms with Crippen LogP contribution in [0.25, 0.3) is 17.4 Å². The Labute approximate surface area is 140 Å². The Morgan fingerprint density at radius 1 is 1.22 bits per heavy atom. The van der Waals surface area contributed by atoms with Crippen LogP contribution in [0.1, 0.15) is 21.7 Å². The van der Waals surface area contributed by atoms with Gasteiger partial charge < -0.3 is 14.5 Å². The number of carbonyl (C=O) groups is 2. The van der Waals surface area contributed by atoms with Crippen molar-refractivity contribution in [2.45, 2.75) is 6.61 Å². The molecular weight excluding hydrogens is 334 g/mol. The molecule has 1 aromatic heterocycles. The monoisotopic (exact) mass is 343 g/mol. The zero-order valence-corrected chi connectivity index (χ0v) is 13.3. The first-order valence-corrected chi connectivity index (χ1v) is 7.98. The number of rotatable bonds is 2. The first kappa shape index (κ1) is 14.2. The maximum absolute atomic E-state index is 11.6. The highest BCUT2D eigenvalue weighted by Gasteiger charge is 2.23. The summed E-state index contributed by atoms with van der Waals surface area (Å²) in [6.07, 6.45) is 1.66. The molecule has 1 fully saturated rings. The van der Waals surface area contributed by atoms with Crippen molar-refractivity contribution >= 4 is 46.3 Å². The highest BCUT2D eigenvalue weighted by molar-refractivity contribution is 8.26. The van der Waals surface area contributed by atoms with E-state index < -0.39 is 0 Å². The molecule has 4 rings (SSSR count). The van der Waals surface area contributed by atoms with Crippen molar-refractivity contribution in [3.8, 4) is 11.3 Å². The first-order chi connectivity index (χ1) is 11.1. The SMILES string of the molecule is O=C1NC(=S)SC1=Cc1ccc(-c2ccc3c(c2)COC3=O)o1. The van der Waals surface area contributed by atoms with E-state index in [9.17, 15) is 9.59 Å². The van der Waals surface area contributed by atoms with Crippen molar-refractivity contribution < 1.29 is 18.7 Å². The van der Waals surface area contributed by atoms with Crippen molar-refractivity contribution in [2.75, 3.05) is 0 Å². The lowest BCUT2D eigenvalue weighted by molar-refractivity contribution is -0.115. The third-order valence-corrected chi connectivity index (χ3v) is 4.67. The number of hydrogen-bond donors (Lipinski definition) is 1. The maximum atomic E-state index is 11.6. The molecule has 0 unspecified atom stereocenters. The summed E-state index contributed by atoms with van der Waals surface area (Å²) in [6, 6.07) is 9.03. The molecule has 7 heteroatoms. The molecule has 23 heavy (non-hydrogen) atoms. The number of benzene rings is 1. The minimum Gasteiger partial charge on any atom is -0.457 e. The predicted octanol–water partition coefficient (Wildman–Crippen LogP) is 3.11. The molecule has 0 radical (unpaired) electrons. The second kappa shape index (κ2) is 5.36. The fourth-order valence-electron chi connectivity index (χ4n) is 2.42. The molecule has 0 spiro atoms. The van der Waals surface area contributed by atoms with E-state index >= 15 is 0 Å². The number of fused-ring (bicyclic) bond motifs is 1. The van der Waals surface area contributed by atoms with Gasteiger partial charge in [-0.15, -0.1) is 0 Å². The van der Waals surface area contributed by atoms with Crippen LogP contribution in [0.4, 0.5) is 0 Å². The van der Waals surface area contributed by atoms with Crippen LogP contribution in [0.3, 0.4) is 0 Å². The van der Waals surface area contributed by atoms with E-state index in [0.717, 1.165) is 11.1 Å². The summed E-state index contributed by atoms with van der Waals surface area (Å²) in [6.45, 7) is 0.286. The third kappa shape index (κ3) is 2.58. The van der Waals surface area contributed by atoms with Crippen LogP contribution in [-0.4, -0.2) is 16.2 Å². The van der Waals surface area contributed by atoms with Gasteiger partial charge in [-0.2, -0.15) is 0 Å². The summed E-state index contributed by atoms with van der Waals surface area (Å²) >= 11 is 6.15. The Morgan fingerprint density at radius 3 is 2.87 bits per heavy atom. The number of thiocarbonyl (C=S) groups is 1. The van der Waals surface area contributed by atoms with Gasteiger partial charge in [0.1, 0.15) is 22.4 Å². The fraction of sp³-hybridized carbons (Fsp3) is 0.0625. The Kier molecular flexibility index (Phi) is 3.32. The number of ether oxygens (including phenoxy) is 1. The van der Waals surface area contributed by atoms with E-state index in [0.29, 0.717) is 26.3 Å². The molecule has 3 heterocycles. The number of cyclic esters (lactones) is 1. The second-order valence-corrected chi connectivity index (χ2v) is 6.72. The summed E-state index contributed by atoms with van der Waals surface area (Å²) in [4.78, 5) is 23.6. The van der Waals surface area contributed by atoms with Crippen molar-refractivity contribution in [3.05, 3.63) is 52.1 Å². The van der Waals surface area contributed by atoms with Gasteiger partial charge in [0, 0.05) is 17.2 Å². The minimum atomic E-state index is -0.295. The van der Waals surface area contributed by atoms with Gasteiger partial charge in [-0.05, 0) is 24.3 Å². The van der Waals surface area contributed by atoms with Crippen LogP contribution in [0, 0.1) is 0 Å². The van der Waals surface area contributed by atoms with Crippen LogP contribution < -0.4 is 5.32 Å². The normalized spacial score (nSPS) is 18.3. The molecule has 114 valence electrons. The number of furan rings is 1. The van der Waals surface area contributed by atoms with Crippen molar-refractivity contribution in [3.63, 3.8) is 0 Å². The van der Waals surface area contributed by atoms with Gasteiger partial charge in [0.05, 0.1) is 10.5 Å². The van der Waals surface area contributed by atoms with Crippen LogP contribution in [0.15, 0.2) is 39.7 Å². The molecule has 0 atom stereocenters. The van der Waals surface area contributed by atoms with E-state index in [4.69, 9.17) is 21.4 Å². The highest BCUT2D eigenvalue weighted by atomic mass is 32.2. The molecule has 2 aromatic rings. The Balaban J connectivity index is 1.64. The molecule has 1 N–H and O–H groups in total. The van der Waals surface area contributed by atoms with E-state index in [-0.39, 0.29) is 18.5 Å². The van der Waals surface area contributed by atoms with Gasteiger partial charge in [-0.1, -0.05) is 30.0 Å². The molecule has 2 aliphatic rings. The lowest BCUT2D eigenvalue weighted by Gasteiger charge is -1.99. The van der Waals surface area contributed by atoms with Crippen molar-refractivity contribution in [2.24, 2.45) is 0 Å². The molecule has 0 aliphatic carbocycles. The first-order valence-electron chi connectivity index (χ1n) is 6.75. The predicted molar refractivity (Wildman–Crippen MR) is 89.6 cm³/mol. The summed E-state index contributed by atoms with van der Waals surface area (Å²) in [7, 11) is 0. The summed E-state index contributed by atoms with van der Waals surface area (Å²) < 4.78 is 11.2. The molecular formula is C16H9NO4S2. The van der Waals surface area contributed by atoms with Crippen LogP contribution in [0.5, 0.6) is 0 Å². The topological polar surface area (TPSA) is 68.5 Å². The largest absolute Gasteiger partial charge is 0.457 e. The maximum Gasteiger partial charge on any atom is 0.338 e. The van der Waals surface area contributed by atoms with Crippen LogP contribution in [0.2, 0.25) is 0 Å². The molecule has 1 aromatic carbocycles. The van der Waals surface area contributed by atoms with E-state index in [1.54, 1.807) is 18.2 Å². The smallest absolute Gasteiger partial charge is 0.338 e. The third-order valence-electron chi connectivity index (χ3n) is 3.51. The highest BCUT2D eigenvalue weighted by Crippen LogP contribution is 2.30. The number of thioether (sulfide) groups is 1. The second-order valence-electron chi connectivity index (χ2n) is 5.00. The quantitative estimate of drug-likeness (QED) is 0.513. The van der Waals surface area contributed by atoms with Crippen LogP contribution in [-0.2, 0) is 16.1 Å². The molecule has 0 bridgehead atoms. The van der Waals surface area contributed by atoms with Gasteiger partial charge in [0.2, 0.25) is 0 Å². The average Bonchev–Trinajstić information content (AvgIpc) is 3.21. The lowest BCUT2D eigenvalue weighted by Crippen LogP contribution is -2.17. The van der Waals surface area contributed by atoms with Gasteiger partial charge in [-0.25, -0.2) is 4.79 Å². The molecule has 1 saturated heterocycles. The molecule has 1 amide bonds. The molecule has 5 nitrogen and oxygen atoms in total. The number of hydrogen-bond acceptors (Lipinski definition) is 6. The number of carbonyl (C=O) groups excluding carboxylic acids is 2. The standard InChI is InChI=1S/C16H9NO4S2/c18-14-13(23-16(22)17-14)6-10-2-4-12(21-10)8-1-3-11-9(5-8)7-20-15(11)19/h1-6H,7H2,(H,17,18,22). The summed E-state index contributed by atoms with van der Waals surface area (Å²) in [5, 5.41) is 2.56. The van der Waals surface area contributed by atoms with E-state index in [2.05, 4.69) is 5.32 Å². The van der Waals surface area contributed by atoms with E-state index in [1.807, 2.05) is 18.2 Å². The van der Waals surface area contributed by atoms with Crippen LogP contribution >= 0.6 is 24.0 Å². The zero-order valence-electron chi connectivity index (χ0n) is 11.6.